The highest BCUT2D eigenvalue weighted by Gasteiger charge is 2.12. The van der Waals surface area contributed by atoms with Gasteiger partial charge in [-0.1, -0.05) is 35.9 Å². The Morgan fingerprint density at radius 3 is 2.37 bits per heavy atom. The van der Waals surface area contributed by atoms with Crippen LogP contribution in [0.25, 0.3) is 0 Å². The zero-order valence-electron chi connectivity index (χ0n) is 11.2. The molecule has 0 spiro atoms. The third kappa shape index (κ3) is 3.52. The van der Waals surface area contributed by atoms with E-state index in [1.54, 1.807) is 6.92 Å². The first-order valence-electron chi connectivity index (χ1n) is 6.32. The largest absolute Gasteiger partial charge is 0.393 e. The number of aryl methyl sites for hydroxylation is 1. The summed E-state index contributed by atoms with van der Waals surface area (Å²) in [6, 6.07) is 15.3. The van der Waals surface area contributed by atoms with Gasteiger partial charge in [0.25, 0.3) is 0 Å². The van der Waals surface area contributed by atoms with Crippen molar-refractivity contribution in [2.75, 3.05) is 0 Å². The summed E-state index contributed by atoms with van der Waals surface area (Å²) in [5.74, 6) is 0. The molecule has 100 valence electrons. The van der Waals surface area contributed by atoms with Crippen LogP contribution in [0.1, 0.15) is 18.1 Å². The van der Waals surface area contributed by atoms with Crippen LogP contribution in [0.4, 0.5) is 0 Å². The van der Waals surface area contributed by atoms with Crippen LogP contribution in [-0.4, -0.2) is 15.4 Å². The van der Waals surface area contributed by atoms with E-state index in [0.29, 0.717) is 6.42 Å². The minimum Gasteiger partial charge on any atom is -0.393 e. The lowest BCUT2D eigenvalue weighted by atomic mass is 10.1. The molecule has 2 aromatic rings. The van der Waals surface area contributed by atoms with Gasteiger partial charge in [-0.3, -0.25) is 0 Å². The van der Waals surface area contributed by atoms with Crippen molar-refractivity contribution >= 4 is 10.8 Å². The molecule has 0 radical (unpaired) electrons. The first-order chi connectivity index (χ1) is 9.08. The highest BCUT2D eigenvalue weighted by molar-refractivity contribution is 7.85. The molecule has 0 aromatic heterocycles. The lowest BCUT2D eigenvalue weighted by molar-refractivity contribution is 0.194. The topological polar surface area (TPSA) is 37.3 Å². The van der Waals surface area contributed by atoms with Gasteiger partial charge in [-0.15, -0.1) is 0 Å². The summed E-state index contributed by atoms with van der Waals surface area (Å²) in [7, 11) is -1.19. The SMILES string of the molecule is Cc1ccc(S(=O)c2ccccc2C[C@@H](C)O)cc1. The average molecular weight is 274 g/mol. The van der Waals surface area contributed by atoms with Crippen LogP contribution in [0, 0.1) is 6.92 Å². The fourth-order valence-corrected chi connectivity index (χ4v) is 3.19. The highest BCUT2D eigenvalue weighted by Crippen LogP contribution is 2.21. The summed E-state index contributed by atoms with van der Waals surface area (Å²) in [5.41, 5.74) is 2.09. The van der Waals surface area contributed by atoms with Crippen molar-refractivity contribution in [3.63, 3.8) is 0 Å². The van der Waals surface area contributed by atoms with E-state index in [4.69, 9.17) is 0 Å². The van der Waals surface area contributed by atoms with Gasteiger partial charge in [0.05, 0.1) is 16.9 Å². The molecule has 2 atom stereocenters. The maximum Gasteiger partial charge on any atom is 0.0852 e. The minimum absolute atomic E-state index is 0.434. The van der Waals surface area contributed by atoms with Crippen molar-refractivity contribution in [3.8, 4) is 0 Å². The Kier molecular flexibility index (Phi) is 4.51. The molecule has 0 amide bonds. The molecule has 2 aromatic carbocycles. The molecular formula is C16H18O2S. The van der Waals surface area contributed by atoms with E-state index in [-0.39, 0.29) is 0 Å². The molecule has 0 fully saturated rings. The van der Waals surface area contributed by atoms with Gasteiger partial charge in [0, 0.05) is 9.79 Å². The Bertz CT molecular complexity index is 574. The first-order valence-corrected chi connectivity index (χ1v) is 7.47. The molecule has 0 aliphatic carbocycles. The maximum absolute atomic E-state index is 12.6. The molecule has 2 rings (SSSR count). The fraction of sp³-hybridized carbons (Fsp3) is 0.250. The number of benzene rings is 2. The van der Waals surface area contributed by atoms with Gasteiger partial charge >= 0.3 is 0 Å². The first kappa shape index (κ1) is 14.0. The number of aliphatic hydroxyl groups is 1. The number of hydrogen-bond donors (Lipinski definition) is 1. The summed E-state index contributed by atoms with van der Waals surface area (Å²) < 4.78 is 12.6. The summed E-state index contributed by atoms with van der Waals surface area (Å²) >= 11 is 0. The number of rotatable bonds is 4. The van der Waals surface area contributed by atoms with Crippen molar-refractivity contribution in [1.82, 2.24) is 0 Å². The predicted octanol–water partition coefficient (Wildman–Crippen LogP) is 3.09. The van der Waals surface area contributed by atoms with Gasteiger partial charge in [0.15, 0.2) is 0 Å². The van der Waals surface area contributed by atoms with Crippen molar-refractivity contribution in [2.24, 2.45) is 0 Å². The molecule has 0 heterocycles. The monoisotopic (exact) mass is 274 g/mol. The molecule has 2 nitrogen and oxygen atoms in total. The maximum atomic E-state index is 12.6. The second kappa shape index (κ2) is 6.13. The molecule has 0 saturated carbocycles. The van der Waals surface area contributed by atoms with Crippen LogP contribution in [0.5, 0.6) is 0 Å². The van der Waals surface area contributed by atoms with Gasteiger partial charge in [-0.05, 0) is 44.0 Å². The summed E-state index contributed by atoms with van der Waals surface area (Å²) in [6.45, 7) is 3.75. The van der Waals surface area contributed by atoms with Crippen LogP contribution < -0.4 is 0 Å². The van der Waals surface area contributed by atoms with E-state index in [0.717, 1.165) is 20.9 Å². The van der Waals surface area contributed by atoms with Crippen LogP contribution in [0.3, 0.4) is 0 Å². The Morgan fingerprint density at radius 2 is 1.74 bits per heavy atom. The lowest BCUT2D eigenvalue weighted by Crippen LogP contribution is -2.07. The summed E-state index contributed by atoms with van der Waals surface area (Å²) in [4.78, 5) is 1.58. The Balaban J connectivity index is 2.35. The van der Waals surface area contributed by atoms with E-state index >= 15 is 0 Å². The minimum atomic E-state index is -1.19. The molecule has 1 N–H and O–H groups in total. The van der Waals surface area contributed by atoms with E-state index in [9.17, 15) is 9.32 Å². The van der Waals surface area contributed by atoms with Gasteiger partial charge in [0.2, 0.25) is 0 Å². The van der Waals surface area contributed by atoms with E-state index in [1.165, 1.54) is 0 Å². The van der Waals surface area contributed by atoms with Crippen LogP contribution in [0.2, 0.25) is 0 Å². The Hall–Kier alpha value is -1.45. The summed E-state index contributed by atoms with van der Waals surface area (Å²) in [6.07, 6.45) is 0.0875. The summed E-state index contributed by atoms with van der Waals surface area (Å²) in [5, 5.41) is 9.52. The molecule has 3 heteroatoms. The molecule has 0 aliphatic rings. The van der Waals surface area contributed by atoms with Gasteiger partial charge in [-0.2, -0.15) is 0 Å². The third-order valence-corrected chi connectivity index (χ3v) is 4.42. The smallest absolute Gasteiger partial charge is 0.0852 e. The molecule has 0 bridgehead atoms. The zero-order chi connectivity index (χ0) is 13.8. The number of hydrogen-bond acceptors (Lipinski definition) is 2. The second-order valence-corrected chi connectivity index (χ2v) is 6.19. The van der Waals surface area contributed by atoms with Crippen molar-refractivity contribution in [3.05, 3.63) is 59.7 Å². The van der Waals surface area contributed by atoms with Crippen LogP contribution >= 0.6 is 0 Å². The van der Waals surface area contributed by atoms with E-state index in [1.807, 2.05) is 55.5 Å². The molecular weight excluding hydrogens is 256 g/mol. The normalized spacial score (nSPS) is 14.1. The molecule has 0 saturated heterocycles. The highest BCUT2D eigenvalue weighted by atomic mass is 32.2. The van der Waals surface area contributed by atoms with Gasteiger partial charge < -0.3 is 5.11 Å². The van der Waals surface area contributed by atoms with Crippen molar-refractivity contribution < 1.29 is 9.32 Å². The average Bonchev–Trinajstić information content (AvgIpc) is 2.39. The van der Waals surface area contributed by atoms with Crippen LogP contribution in [0.15, 0.2) is 58.3 Å². The van der Waals surface area contributed by atoms with Gasteiger partial charge in [0.1, 0.15) is 0 Å². The molecule has 19 heavy (non-hydrogen) atoms. The van der Waals surface area contributed by atoms with Crippen molar-refractivity contribution in [2.45, 2.75) is 36.2 Å². The Morgan fingerprint density at radius 1 is 1.11 bits per heavy atom. The zero-order valence-corrected chi connectivity index (χ0v) is 12.0. The number of aliphatic hydroxyl groups excluding tert-OH is 1. The fourth-order valence-electron chi connectivity index (χ4n) is 1.96. The Labute approximate surface area is 116 Å². The van der Waals surface area contributed by atoms with E-state index in [2.05, 4.69) is 0 Å². The third-order valence-electron chi connectivity index (χ3n) is 2.92. The van der Waals surface area contributed by atoms with E-state index < -0.39 is 16.9 Å². The predicted molar refractivity (Wildman–Crippen MR) is 77.7 cm³/mol. The second-order valence-electron chi connectivity index (χ2n) is 4.74. The van der Waals surface area contributed by atoms with Crippen molar-refractivity contribution in [1.29, 1.82) is 0 Å². The van der Waals surface area contributed by atoms with Gasteiger partial charge in [-0.25, -0.2) is 4.21 Å². The molecule has 1 unspecified atom stereocenters. The standard InChI is InChI=1S/C16H18O2S/c1-12-7-9-15(10-8-12)19(18)16-6-4-3-5-14(16)11-13(2)17/h3-10,13,17H,11H2,1-2H3/t13-,19?/m1/s1. The van der Waals surface area contributed by atoms with Crippen LogP contribution in [-0.2, 0) is 17.2 Å². The quantitative estimate of drug-likeness (QED) is 0.930. The molecule has 0 aliphatic heterocycles. The lowest BCUT2D eigenvalue weighted by Gasteiger charge is -2.11.